The van der Waals surface area contributed by atoms with Gasteiger partial charge in [0.2, 0.25) is 0 Å². The van der Waals surface area contributed by atoms with Crippen molar-refractivity contribution in [2.24, 2.45) is 0 Å². The smallest absolute Gasteiger partial charge is 0.141 e. The minimum atomic E-state index is -0.200. The highest BCUT2D eigenvalue weighted by molar-refractivity contribution is 6.32. The number of nitrogens with zero attached hydrogens (tertiary/aromatic N) is 1. The number of hydrogen-bond acceptors (Lipinski definition) is 2. The van der Waals surface area contributed by atoms with E-state index in [0.717, 1.165) is 5.56 Å². The van der Waals surface area contributed by atoms with Crippen molar-refractivity contribution >= 4 is 11.6 Å². The van der Waals surface area contributed by atoms with E-state index in [9.17, 15) is 0 Å². The van der Waals surface area contributed by atoms with E-state index in [1.54, 1.807) is 13.2 Å². The Morgan fingerprint density at radius 1 is 1.54 bits per heavy atom. The average molecular weight is 196 g/mol. The number of ether oxygens (including phenoxy) is 1. The fourth-order valence-corrected chi connectivity index (χ4v) is 1.41. The van der Waals surface area contributed by atoms with Crippen molar-refractivity contribution in [3.05, 3.63) is 28.8 Å². The van der Waals surface area contributed by atoms with Crippen LogP contribution in [0.4, 0.5) is 0 Å². The molecule has 0 aliphatic heterocycles. The van der Waals surface area contributed by atoms with Crippen LogP contribution < -0.4 is 4.74 Å². The van der Waals surface area contributed by atoms with Gasteiger partial charge in [-0.3, -0.25) is 0 Å². The highest BCUT2D eigenvalue weighted by atomic mass is 35.5. The maximum atomic E-state index is 8.75. The lowest BCUT2D eigenvalue weighted by atomic mass is 10.0. The molecule has 0 bridgehead atoms. The maximum Gasteiger partial charge on any atom is 0.141 e. The lowest BCUT2D eigenvalue weighted by Crippen LogP contribution is -1.95. The van der Waals surface area contributed by atoms with Gasteiger partial charge in [0.15, 0.2) is 0 Å². The van der Waals surface area contributed by atoms with E-state index in [1.807, 2.05) is 19.1 Å². The van der Waals surface area contributed by atoms with Gasteiger partial charge in [-0.1, -0.05) is 23.7 Å². The molecule has 68 valence electrons. The standard InChI is InChI=1S/C10H10ClNO/c1-7(6-12)8-4-3-5-9(11)10(8)13-2/h3-5,7H,1-2H3. The molecule has 1 unspecified atom stereocenters. The summed E-state index contributed by atoms with van der Waals surface area (Å²) in [7, 11) is 1.55. The molecule has 0 saturated heterocycles. The zero-order valence-corrected chi connectivity index (χ0v) is 8.30. The topological polar surface area (TPSA) is 33.0 Å². The lowest BCUT2D eigenvalue weighted by molar-refractivity contribution is 0.409. The molecule has 1 atom stereocenters. The fraction of sp³-hybridized carbons (Fsp3) is 0.300. The highest BCUT2D eigenvalue weighted by Crippen LogP contribution is 2.32. The number of halogens is 1. The van der Waals surface area contributed by atoms with Gasteiger partial charge in [0.1, 0.15) is 5.75 Å². The summed E-state index contributed by atoms with van der Waals surface area (Å²) in [6.07, 6.45) is 0. The van der Waals surface area contributed by atoms with Crippen LogP contribution in [0.3, 0.4) is 0 Å². The molecular formula is C10H10ClNO. The SMILES string of the molecule is COc1c(Cl)cccc1C(C)C#N. The third-order valence-corrected chi connectivity index (χ3v) is 2.16. The van der Waals surface area contributed by atoms with Crippen LogP contribution in [-0.4, -0.2) is 7.11 Å². The van der Waals surface area contributed by atoms with Gasteiger partial charge in [-0.2, -0.15) is 5.26 Å². The van der Waals surface area contributed by atoms with Crippen molar-refractivity contribution in [2.45, 2.75) is 12.8 Å². The summed E-state index contributed by atoms with van der Waals surface area (Å²) in [6.45, 7) is 1.81. The van der Waals surface area contributed by atoms with E-state index in [-0.39, 0.29) is 5.92 Å². The zero-order chi connectivity index (χ0) is 9.84. The molecule has 0 radical (unpaired) electrons. The Morgan fingerprint density at radius 2 is 2.23 bits per heavy atom. The zero-order valence-electron chi connectivity index (χ0n) is 7.54. The Hall–Kier alpha value is -1.20. The van der Waals surface area contributed by atoms with Crippen molar-refractivity contribution in [3.63, 3.8) is 0 Å². The molecule has 0 N–H and O–H groups in total. The van der Waals surface area contributed by atoms with Gasteiger partial charge in [0.05, 0.1) is 24.1 Å². The predicted octanol–water partition coefficient (Wildman–Crippen LogP) is 2.98. The lowest BCUT2D eigenvalue weighted by Gasteiger charge is -2.10. The number of rotatable bonds is 2. The largest absolute Gasteiger partial charge is 0.495 e. The molecule has 3 heteroatoms. The minimum Gasteiger partial charge on any atom is -0.495 e. The molecule has 0 heterocycles. The van der Waals surface area contributed by atoms with Crippen LogP contribution in [0.5, 0.6) is 5.75 Å². The van der Waals surface area contributed by atoms with Crippen LogP contribution in [0.2, 0.25) is 5.02 Å². The Labute approximate surface area is 82.7 Å². The predicted molar refractivity (Wildman–Crippen MR) is 52.0 cm³/mol. The molecule has 1 rings (SSSR count). The second-order valence-electron chi connectivity index (χ2n) is 2.71. The van der Waals surface area contributed by atoms with Crippen LogP contribution in [-0.2, 0) is 0 Å². The molecule has 1 aromatic carbocycles. The fourth-order valence-electron chi connectivity index (χ4n) is 1.15. The normalized spacial score (nSPS) is 11.8. The van der Waals surface area contributed by atoms with Crippen LogP contribution in [0.1, 0.15) is 18.4 Å². The quantitative estimate of drug-likeness (QED) is 0.727. The van der Waals surface area contributed by atoms with Gasteiger partial charge in [-0.15, -0.1) is 0 Å². The van der Waals surface area contributed by atoms with E-state index in [0.29, 0.717) is 10.8 Å². The molecule has 1 aromatic rings. The first-order valence-electron chi connectivity index (χ1n) is 3.92. The number of benzene rings is 1. The molecular weight excluding hydrogens is 186 g/mol. The maximum absolute atomic E-state index is 8.75. The van der Waals surface area contributed by atoms with E-state index in [4.69, 9.17) is 21.6 Å². The van der Waals surface area contributed by atoms with Crippen LogP contribution >= 0.6 is 11.6 Å². The summed E-state index contributed by atoms with van der Waals surface area (Å²) in [6, 6.07) is 7.55. The van der Waals surface area contributed by atoms with E-state index in [1.165, 1.54) is 0 Å². The molecule has 0 fully saturated rings. The Morgan fingerprint density at radius 3 is 2.77 bits per heavy atom. The highest BCUT2D eigenvalue weighted by Gasteiger charge is 2.12. The second-order valence-corrected chi connectivity index (χ2v) is 3.12. The molecule has 0 aliphatic carbocycles. The van der Waals surface area contributed by atoms with Gasteiger partial charge in [-0.05, 0) is 13.0 Å². The monoisotopic (exact) mass is 195 g/mol. The van der Waals surface area contributed by atoms with Gasteiger partial charge in [-0.25, -0.2) is 0 Å². The van der Waals surface area contributed by atoms with Crippen molar-refractivity contribution in [3.8, 4) is 11.8 Å². The number of hydrogen-bond donors (Lipinski definition) is 0. The third-order valence-electron chi connectivity index (χ3n) is 1.86. The molecule has 0 aromatic heterocycles. The van der Waals surface area contributed by atoms with Crippen molar-refractivity contribution < 1.29 is 4.74 Å². The van der Waals surface area contributed by atoms with Gasteiger partial charge < -0.3 is 4.74 Å². The first-order chi connectivity index (χ1) is 6.20. The van der Waals surface area contributed by atoms with Crippen LogP contribution in [0.25, 0.3) is 0 Å². The second kappa shape index (κ2) is 4.15. The molecule has 0 saturated carbocycles. The summed E-state index contributed by atoms with van der Waals surface area (Å²) < 4.78 is 5.12. The molecule has 13 heavy (non-hydrogen) atoms. The molecule has 0 aliphatic rings. The van der Waals surface area contributed by atoms with Gasteiger partial charge >= 0.3 is 0 Å². The van der Waals surface area contributed by atoms with Crippen molar-refractivity contribution in [2.75, 3.05) is 7.11 Å². The summed E-state index contributed by atoms with van der Waals surface area (Å²) in [5, 5.41) is 9.29. The molecule has 0 spiro atoms. The third kappa shape index (κ3) is 1.93. The first-order valence-corrected chi connectivity index (χ1v) is 4.30. The van der Waals surface area contributed by atoms with E-state index in [2.05, 4.69) is 6.07 Å². The summed E-state index contributed by atoms with van der Waals surface area (Å²) in [4.78, 5) is 0. The summed E-state index contributed by atoms with van der Waals surface area (Å²) >= 11 is 5.90. The Kier molecular flexibility index (Phi) is 3.16. The van der Waals surface area contributed by atoms with Gasteiger partial charge in [0.25, 0.3) is 0 Å². The number of methoxy groups -OCH3 is 1. The summed E-state index contributed by atoms with van der Waals surface area (Å²) in [5.41, 5.74) is 0.831. The molecule has 2 nitrogen and oxygen atoms in total. The van der Waals surface area contributed by atoms with E-state index < -0.39 is 0 Å². The first kappa shape index (κ1) is 9.88. The van der Waals surface area contributed by atoms with Gasteiger partial charge in [0, 0.05) is 5.56 Å². The Bertz CT molecular complexity index is 343. The Balaban J connectivity index is 3.21. The van der Waals surface area contributed by atoms with Crippen LogP contribution in [0.15, 0.2) is 18.2 Å². The van der Waals surface area contributed by atoms with E-state index >= 15 is 0 Å². The van der Waals surface area contributed by atoms with Crippen molar-refractivity contribution in [1.29, 1.82) is 5.26 Å². The minimum absolute atomic E-state index is 0.200. The van der Waals surface area contributed by atoms with Crippen molar-refractivity contribution in [1.82, 2.24) is 0 Å². The average Bonchev–Trinajstić information content (AvgIpc) is 2.16. The molecule has 0 amide bonds. The summed E-state index contributed by atoms with van der Waals surface area (Å²) in [5.74, 6) is 0.395. The van der Waals surface area contributed by atoms with Crippen LogP contribution in [0, 0.1) is 11.3 Å². The number of nitriles is 1. The number of para-hydroxylation sites is 1.